The van der Waals surface area contributed by atoms with Crippen LogP contribution in [-0.2, 0) is 4.79 Å². The van der Waals surface area contributed by atoms with Crippen LogP contribution in [0.15, 0.2) is 23.1 Å². The molecular weight excluding hydrogens is 368 g/mol. The van der Waals surface area contributed by atoms with Crippen LogP contribution in [0.25, 0.3) is 0 Å². The molecule has 0 spiro atoms. The van der Waals surface area contributed by atoms with Gasteiger partial charge in [-0.05, 0) is 24.0 Å². The molecule has 2 amide bonds. The van der Waals surface area contributed by atoms with Gasteiger partial charge in [0.05, 0.1) is 15.6 Å². The van der Waals surface area contributed by atoms with Crippen LogP contribution in [0.5, 0.6) is 0 Å². The summed E-state index contributed by atoms with van der Waals surface area (Å²) in [5, 5.41) is 14.5. The number of likely N-dealkylation sites (tertiary alicyclic amines) is 1. The molecule has 0 aliphatic carbocycles. The second-order valence-corrected chi connectivity index (χ2v) is 7.09. The van der Waals surface area contributed by atoms with Gasteiger partial charge in [0.15, 0.2) is 0 Å². The van der Waals surface area contributed by atoms with Crippen LogP contribution in [0.2, 0.25) is 0 Å². The number of thioether (sulfide) groups is 1. The van der Waals surface area contributed by atoms with Crippen LogP contribution in [0.3, 0.4) is 0 Å². The van der Waals surface area contributed by atoms with Gasteiger partial charge in [0.1, 0.15) is 0 Å². The van der Waals surface area contributed by atoms with Crippen LogP contribution in [0.4, 0.5) is 5.69 Å². The Morgan fingerprint density at radius 3 is 2.52 bits per heavy atom. The molecule has 2 atom stereocenters. The monoisotopic (exact) mass is 386 g/mol. The molecule has 8 nitrogen and oxygen atoms in total. The number of nitrogens with one attached hydrogen (secondary N) is 1. The maximum Gasteiger partial charge on any atom is 0.283 e. The maximum atomic E-state index is 12.3. The topological polar surface area (TPSA) is 119 Å². The fourth-order valence-electron chi connectivity index (χ4n) is 3.23. The van der Waals surface area contributed by atoms with Crippen molar-refractivity contribution in [3.63, 3.8) is 0 Å². The SMILES string of the molecule is Cl.NC(=O)c1ccc(SCC(=O)N2C[C@H]3CNC[C@H]3C2)c([N+](=O)[O-])c1. The smallest absolute Gasteiger partial charge is 0.283 e. The van der Waals surface area contributed by atoms with Gasteiger partial charge in [-0.2, -0.15) is 0 Å². The van der Waals surface area contributed by atoms with Crippen LogP contribution >= 0.6 is 24.2 Å². The molecule has 0 unspecified atom stereocenters. The lowest BCUT2D eigenvalue weighted by atomic mass is 10.0. The van der Waals surface area contributed by atoms with Crippen molar-refractivity contribution in [3.05, 3.63) is 33.9 Å². The van der Waals surface area contributed by atoms with E-state index in [2.05, 4.69) is 5.32 Å². The van der Waals surface area contributed by atoms with Crippen molar-refractivity contribution in [1.82, 2.24) is 10.2 Å². The fraction of sp³-hybridized carbons (Fsp3) is 0.467. The molecule has 0 aromatic heterocycles. The predicted octanol–water partition coefficient (Wildman–Crippen LogP) is 0.885. The van der Waals surface area contributed by atoms with E-state index in [0.29, 0.717) is 16.7 Å². The lowest BCUT2D eigenvalue weighted by Gasteiger charge is -2.17. The van der Waals surface area contributed by atoms with E-state index in [9.17, 15) is 19.7 Å². The normalized spacial score (nSPS) is 21.5. The van der Waals surface area contributed by atoms with Crippen molar-refractivity contribution in [2.75, 3.05) is 31.9 Å². The van der Waals surface area contributed by atoms with Crippen molar-refractivity contribution in [2.24, 2.45) is 17.6 Å². The zero-order valence-corrected chi connectivity index (χ0v) is 15.0. The molecule has 1 aromatic rings. The molecular formula is C15H19ClN4O4S. The van der Waals surface area contributed by atoms with Gasteiger partial charge in [-0.25, -0.2) is 0 Å². The summed E-state index contributed by atoms with van der Waals surface area (Å²) in [4.78, 5) is 36.3. The Hall–Kier alpha value is -1.84. The first-order chi connectivity index (χ1) is 11.5. The van der Waals surface area contributed by atoms with Crippen LogP contribution in [-0.4, -0.2) is 53.6 Å². The number of halogens is 1. The minimum atomic E-state index is -0.719. The Labute approximate surface area is 155 Å². The number of primary amides is 1. The Bertz CT molecular complexity index is 690. The van der Waals surface area contributed by atoms with E-state index in [0.717, 1.165) is 44.0 Å². The Kier molecular flexibility index (Phi) is 6.26. The number of rotatable bonds is 5. The molecule has 2 saturated heterocycles. The van der Waals surface area contributed by atoms with E-state index >= 15 is 0 Å². The number of benzene rings is 1. The third-order valence-electron chi connectivity index (χ3n) is 4.53. The average Bonchev–Trinajstić information content (AvgIpc) is 3.13. The largest absolute Gasteiger partial charge is 0.366 e. The fourth-order valence-corrected chi connectivity index (χ4v) is 4.13. The van der Waals surface area contributed by atoms with E-state index < -0.39 is 10.8 Å². The number of fused-ring (bicyclic) bond motifs is 1. The third-order valence-corrected chi connectivity index (χ3v) is 5.58. The van der Waals surface area contributed by atoms with Crippen LogP contribution < -0.4 is 11.1 Å². The Morgan fingerprint density at radius 2 is 1.96 bits per heavy atom. The molecule has 3 rings (SSSR count). The number of amides is 2. The number of nitrogens with zero attached hydrogens (tertiary/aromatic N) is 2. The highest BCUT2D eigenvalue weighted by Gasteiger charge is 2.37. The standard InChI is InChI=1S/C15H18N4O4S.ClH/c16-15(21)9-1-2-13(12(3-9)19(22)23)24-8-14(20)18-6-10-4-17-5-11(10)7-18;/h1-3,10-11,17H,4-8H2,(H2,16,21);1H/t10-,11+;. The number of nitro benzene ring substituents is 1. The number of hydrogen-bond donors (Lipinski definition) is 2. The quantitative estimate of drug-likeness (QED) is 0.440. The van der Waals surface area contributed by atoms with Crippen molar-refractivity contribution in [2.45, 2.75) is 4.90 Å². The maximum absolute atomic E-state index is 12.3. The molecule has 0 saturated carbocycles. The molecule has 136 valence electrons. The van der Waals surface area contributed by atoms with Gasteiger partial charge in [0.25, 0.3) is 5.69 Å². The number of carbonyl (C=O) groups excluding carboxylic acids is 2. The third kappa shape index (κ3) is 4.23. The number of carbonyl (C=O) groups is 2. The van der Waals surface area contributed by atoms with E-state index in [1.807, 2.05) is 4.90 Å². The molecule has 10 heteroatoms. The summed E-state index contributed by atoms with van der Waals surface area (Å²) < 4.78 is 0. The summed E-state index contributed by atoms with van der Waals surface area (Å²) in [6, 6.07) is 4.06. The first kappa shape index (κ1) is 19.5. The second-order valence-electron chi connectivity index (χ2n) is 6.07. The molecule has 3 N–H and O–H groups in total. The Morgan fingerprint density at radius 1 is 1.32 bits per heavy atom. The van der Waals surface area contributed by atoms with Crippen molar-refractivity contribution >= 4 is 41.7 Å². The first-order valence-corrected chi connectivity index (χ1v) is 8.64. The molecule has 2 heterocycles. The molecule has 25 heavy (non-hydrogen) atoms. The highest BCUT2D eigenvalue weighted by Crippen LogP contribution is 2.31. The predicted molar refractivity (Wildman–Crippen MR) is 96.0 cm³/mol. The summed E-state index contributed by atoms with van der Waals surface area (Å²) in [7, 11) is 0. The van der Waals surface area contributed by atoms with Gasteiger partial charge in [0, 0.05) is 37.8 Å². The second kappa shape index (κ2) is 8.03. The lowest BCUT2D eigenvalue weighted by molar-refractivity contribution is -0.387. The minimum absolute atomic E-state index is 0. The average molecular weight is 387 g/mol. The number of nitrogens with two attached hydrogens (primary N) is 1. The zero-order valence-electron chi connectivity index (χ0n) is 13.3. The highest BCUT2D eigenvalue weighted by molar-refractivity contribution is 8.00. The van der Waals surface area contributed by atoms with Crippen molar-refractivity contribution < 1.29 is 14.5 Å². The van der Waals surface area contributed by atoms with Gasteiger partial charge in [0.2, 0.25) is 11.8 Å². The minimum Gasteiger partial charge on any atom is -0.366 e. The molecule has 1 aromatic carbocycles. The van der Waals surface area contributed by atoms with Gasteiger partial charge in [-0.15, -0.1) is 24.2 Å². The van der Waals surface area contributed by atoms with E-state index in [4.69, 9.17) is 5.73 Å². The Balaban J connectivity index is 0.00000225. The molecule has 2 aliphatic rings. The highest BCUT2D eigenvalue weighted by atomic mass is 35.5. The van der Waals surface area contributed by atoms with E-state index in [1.165, 1.54) is 12.1 Å². The molecule has 0 bridgehead atoms. The van der Waals surface area contributed by atoms with Gasteiger partial charge in [-0.1, -0.05) is 0 Å². The van der Waals surface area contributed by atoms with Crippen LogP contribution in [0, 0.1) is 22.0 Å². The summed E-state index contributed by atoms with van der Waals surface area (Å²) in [6.07, 6.45) is 0. The zero-order chi connectivity index (χ0) is 17.3. The van der Waals surface area contributed by atoms with Gasteiger partial charge in [-0.3, -0.25) is 19.7 Å². The summed E-state index contributed by atoms with van der Waals surface area (Å²) in [6.45, 7) is 3.39. The van der Waals surface area contributed by atoms with Crippen LogP contribution in [0.1, 0.15) is 10.4 Å². The molecule has 0 radical (unpaired) electrons. The van der Waals surface area contributed by atoms with Crippen molar-refractivity contribution in [1.29, 1.82) is 0 Å². The number of hydrogen-bond acceptors (Lipinski definition) is 6. The van der Waals surface area contributed by atoms with E-state index in [1.54, 1.807) is 0 Å². The molecule has 2 fully saturated rings. The van der Waals surface area contributed by atoms with E-state index in [-0.39, 0.29) is 35.3 Å². The van der Waals surface area contributed by atoms with Gasteiger partial charge >= 0.3 is 0 Å². The summed E-state index contributed by atoms with van der Waals surface area (Å²) >= 11 is 1.12. The molecule has 2 aliphatic heterocycles. The van der Waals surface area contributed by atoms with Crippen molar-refractivity contribution in [3.8, 4) is 0 Å². The number of nitro groups is 1. The van der Waals surface area contributed by atoms with Gasteiger partial charge < -0.3 is 16.0 Å². The summed E-state index contributed by atoms with van der Waals surface area (Å²) in [5.41, 5.74) is 5.03. The first-order valence-electron chi connectivity index (χ1n) is 7.65. The summed E-state index contributed by atoms with van der Waals surface area (Å²) in [5.74, 6) is 0.445. The lowest BCUT2D eigenvalue weighted by Crippen LogP contribution is -2.33.